The van der Waals surface area contributed by atoms with Crippen LogP contribution < -0.4 is 26.5 Å². The summed E-state index contributed by atoms with van der Waals surface area (Å²) < 4.78 is 37.0. The van der Waals surface area contributed by atoms with E-state index in [1.54, 1.807) is 4.90 Å². The zero-order valence-electron chi connectivity index (χ0n) is 16.7. The van der Waals surface area contributed by atoms with Gasteiger partial charge in [-0.3, -0.25) is 4.79 Å². The van der Waals surface area contributed by atoms with E-state index < -0.39 is 45.6 Å². The Labute approximate surface area is 171 Å². The monoisotopic (exact) mass is 422 g/mol. The first kappa shape index (κ1) is 20.4. The van der Waals surface area contributed by atoms with Gasteiger partial charge in [-0.1, -0.05) is 0 Å². The largest absolute Gasteiger partial charge is 0.511 e. The van der Waals surface area contributed by atoms with Gasteiger partial charge >= 0.3 is 6.16 Å². The van der Waals surface area contributed by atoms with Crippen LogP contribution in [0.3, 0.4) is 0 Å². The first-order valence-electron chi connectivity index (χ1n) is 9.80. The molecule has 10 heteroatoms. The van der Waals surface area contributed by atoms with E-state index in [0.717, 1.165) is 6.20 Å². The summed E-state index contributed by atoms with van der Waals surface area (Å²) in [4.78, 5) is 25.3. The number of hydrogen-bond acceptors (Lipinski definition) is 6. The van der Waals surface area contributed by atoms with E-state index in [1.807, 2.05) is 13.8 Å². The second-order valence-corrected chi connectivity index (χ2v) is 8.70. The molecule has 1 saturated carbocycles. The van der Waals surface area contributed by atoms with E-state index in [9.17, 15) is 9.59 Å². The molecule has 162 valence electrons. The molecule has 0 unspecified atom stereocenters. The maximum Gasteiger partial charge on any atom is 0.511 e. The fourth-order valence-electron chi connectivity index (χ4n) is 4.18. The molecule has 0 spiro atoms. The molecule has 2 heterocycles. The zero-order chi connectivity index (χ0) is 22.0. The molecule has 0 radical (unpaired) electrons. The van der Waals surface area contributed by atoms with Crippen molar-refractivity contribution in [2.75, 3.05) is 23.7 Å². The highest BCUT2D eigenvalue weighted by Crippen LogP contribution is 2.43. The minimum absolute atomic E-state index is 0.0326. The highest BCUT2D eigenvalue weighted by atomic mass is 19.1. The van der Waals surface area contributed by atoms with Crippen LogP contribution in [0.2, 0.25) is 0 Å². The maximum absolute atomic E-state index is 15.7. The Morgan fingerprint density at radius 1 is 1.27 bits per heavy atom. The van der Waals surface area contributed by atoms with Gasteiger partial charge in [0.2, 0.25) is 5.43 Å². The Balaban J connectivity index is 1.94. The highest BCUT2D eigenvalue weighted by molar-refractivity contribution is 5.96. The number of halogens is 2. The molecule has 2 aromatic rings. The molecule has 1 saturated heterocycles. The van der Waals surface area contributed by atoms with Crippen LogP contribution in [0.1, 0.15) is 39.2 Å². The summed E-state index contributed by atoms with van der Waals surface area (Å²) in [5, 5.41) is 8.49. The third-order valence-corrected chi connectivity index (χ3v) is 6.03. The van der Waals surface area contributed by atoms with E-state index in [1.165, 1.54) is 4.57 Å². The number of hydrogen-bond donors (Lipinski definition) is 3. The van der Waals surface area contributed by atoms with E-state index in [0.29, 0.717) is 32.4 Å². The number of ether oxygens (including phenoxy) is 1. The summed E-state index contributed by atoms with van der Waals surface area (Å²) in [6.07, 6.45) is 1.56. The number of carbonyl (C=O) groups is 1. The van der Waals surface area contributed by atoms with Crippen molar-refractivity contribution in [1.29, 1.82) is 0 Å². The van der Waals surface area contributed by atoms with Gasteiger partial charge in [0.1, 0.15) is 5.69 Å². The Morgan fingerprint density at radius 3 is 2.47 bits per heavy atom. The van der Waals surface area contributed by atoms with Crippen LogP contribution in [0.15, 0.2) is 11.0 Å². The number of nitrogens with two attached hydrogens (primary N) is 2. The van der Waals surface area contributed by atoms with Crippen LogP contribution in [-0.2, 0) is 0 Å². The van der Waals surface area contributed by atoms with E-state index in [2.05, 4.69) is 4.74 Å². The number of nitrogen functional groups attached to an aromatic ring is 1. The summed E-state index contributed by atoms with van der Waals surface area (Å²) in [5.74, 6) is -2.43. The second kappa shape index (κ2) is 6.83. The lowest BCUT2D eigenvalue weighted by molar-refractivity contribution is 0.143. The SMILES string of the molecule is CC(C)(N)[C@H]1CCN(c2c(F)c(N)c3c(=O)c(OC(=O)O)cn(C4CC4)c3c2F)C1. The molecule has 1 aromatic carbocycles. The molecular formula is C20H24F2N4O4. The molecule has 2 fully saturated rings. The van der Waals surface area contributed by atoms with Gasteiger partial charge in [-0.05, 0) is 39.0 Å². The van der Waals surface area contributed by atoms with E-state index >= 15 is 8.78 Å². The third-order valence-electron chi connectivity index (χ3n) is 6.03. The topological polar surface area (TPSA) is 124 Å². The van der Waals surface area contributed by atoms with Crippen LogP contribution in [-0.4, -0.2) is 34.5 Å². The van der Waals surface area contributed by atoms with Crippen molar-refractivity contribution < 1.29 is 23.4 Å². The average Bonchev–Trinajstić information content (AvgIpc) is 3.37. The Hall–Kier alpha value is -2.88. The van der Waals surface area contributed by atoms with Crippen molar-refractivity contribution in [3.8, 4) is 5.75 Å². The third kappa shape index (κ3) is 3.24. The molecule has 1 aliphatic carbocycles. The van der Waals surface area contributed by atoms with Gasteiger partial charge in [0.25, 0.3) is 0 Å². The first-order chi connectivity index (χ1) is 14.0. The van der Waals surface area contributed by atoms with Gasteiger partial charge in [0, 0.05) is 24.7 Å². The molecule has 2 aliphatic rings. The van der Waals surface area contributed by atoms with Crippen molar-refractivity contribution in [2.24, 2.45) is 11.7 Å². The van der Waals surface area contributed by atoms with Gasteiger partial charge in [-0.25, -0.2) is 13.6 Å². The molecule has 1 aliphatic heterocycles. The highest BCUT2D eigenvalue weighted by Gasteiger charge is 2.37. The van der Waals surface area contributed by atoms with E-state index in [-0.39, 0.29) is 23.2 Å². The average molecular weight is 422 g/mol. The number of benzene rings is 1. The van der Waals surface area contributed by atoms with Crippen molar-refractivity contribution in [3.05, 3.63) is 28.1 Å². The Morgan fingerprint density at radius 2 is 1.93 bits per heavy atom. The fraction of sp³-hybridized carbons (Fsp3) is 0.500. The predicted octanol–water partition coefficient (Wildman–Crippen LogP) is 2.82. The van der Waals surface area contributed by atoms with Gasteiger partial charge in [0.15, 0.2) is 17.4 Å². The molecule has 8 nitrogen and oxygen atoms in total. The maximum atomic E-state index is 15.7. The van der Waals surface area contributed by atoms with Crippen molar-refractivity contribution in [1.82, 2.24) is 4.57 Å². The normalized spacial score (nSPS) is 19.5. The number of anilines is 2. The lowest BCUT2D eigenvalue weighted by atomic mass is 9.88. The molecule has 30 heavy (non-hydrogen) atoms. The van der Waals surface area contributed by atoms with Gasteiger partial charge < -0.3 is 30.8 Å². The molecular weight excluding hydrogens is 398 g/mol. The standard InChI is InChI=1S/C20H24F2N4O4/c1-20(2,24)9-5-6-25(7-9)17-13(21)15(23)12-16(14(17)22)26(10-3-4-10)8-11(18(12)27)30-19(28)29/h8-10H,3-7,23-24H2,1-2H3,(H,28,29)/t9-/m0/s1. The number of carboxylic acid groups (broad SMARTS) is 1. The fourth-order valence-corrected chi connectivity index (χ4v) is 4.18. The van der Waals surface area contributed by atoms with Crippen LogP contribution in [0.4, 0.5) is 25.0 Å². The van der Waals surface area contributed by atoms with Crippen LogP contribution in [0.5, 0.6) is 5.75 Å². The van der Waals surface area contributed by atoms with Crippen molar-refractivity contribution >= 4 is 28.4 Å². The predicted molar refractivity (Wildman–Crippen MR) is 108 cm³/mol. The molecule has 4 rings (SSSR count). The molecule has 1 aromatic heterocycles. The molecule has 5 N–H and O–H groups in total. The molecule has 0 amide bonds. The van der Waals surface area contributed by atoms with Gasteiger partial charge in [0.05, 0.1) is 22.8 Å². The zero-order valence-corrected chi connectivity index (χ0v) is 16.7. The number of aromatic nitrogens is 1. The molecule has 0 bridgehead atoms. The summed E-state index contributed by atoms with van der Waals surface area (Å²) in [6.45, 7) is 4.50. The number of nitrogens with zero attached hydrogens (tertiary/aromatic N) is 2. The minimum atomic E-state index is -1.70. The lowest BCUT2D eigenvalue weighted by Crippen LogP contribution is -2.42. The van der Waals surface area contributed by atoms with E-state index in [4.69, 9.17) is 16.6 Å². The summed E-state index contributed by atoms with van der Waals surface area (Å²) in [7, 11) is 0. The van der Waals surface area contributed by atoms with Gasteiger partial charge in [-0.2, -0.15) is 0 Å². The summed E-state index contributed by atoms with van der Waals surface area (Å²) in [5.41, 5.74) is 9.72. The molecule has 1 atom stereocenters. The van der Waals surface area contributed by atoms with Crippen molar-refractivity contribution in [2.45, 2.75) is 44.7 Å². The van der Waals surface area contributed by atoms with Gasteiger partial charge in [-0.15, -0.1) is 0 Å². The Kier molecular flexibility index (Phi) is 4.64. The quantitative estimate of drug-likeness (QED) is 0.511. The Bertz CT molecular complexity index is 1110. The summed E-state index contributed by atoms with van der Waals surface area (Å²) >= 11 is 0. The van der Waals surface area contributed by atoms with Crippen LogP contribution in [0, 0.1) is 17.6 Å². The first-order valence-corrected chi connectivity index (χ1v) is 9.80. The minimum Gasteiger partial charge on any atom is -0.449 e. The summed E-state index contributed by atoms with van der Waals surface area (Å²) in [6, 6.07) is -0.147. The second-order valence-electron chi connectivity index (χ2n) is 8.70. The number of fused-ring (bicyclic) bond motifs is 1. The van der Waals surface area contributed by atoms with Crippen LogP contribution in [0.25, 0.3) is 10.9 Å². The van der Waals surface area contributed by atoms with Crippen LogP contribution >= 0.6 is 0 Å². The number of pyridine rings is 1. The number of rotatable bonds is 4. The lowest BCUT2D eigenvalue weighted by Gasteiger charge is -2.28. The van der Waals surface area contributed by atoms with Crippen molar-refractivity contribution in [3.63, 3.8) is 0 Å². The smallest absolute Gasteiger partial charge is 0.449 e.